The zero-order valence-corrected chi connectivity index (χ0v) is 12.1. The molecular weight excluding hydrogens is 291 g/mol. The van der Waals surface area contributed by atoms with Crippen LogP contribution in [-0.4, -0.2) is 33.5 Å². The van der Waals surface area contributed by atoms with E-state index in [-0.39, 0.29) is 5.82 Å². The Hall–Kier alpha value is -1.79. The van der Waals surface area contributed by atoms with Crippen LogP contribution in [0.25, 0.3) is 10.6 Å². The van der Waals surface area contributed by atoms with Crippen LogP contribution in [0.5, 0.6) is 0 Å². The molecule has 3 rings (SSSR count). The van der Waals surface area contributed by atoms with E-state index in [1.807, 2.05) is 10.3 Å². The molecule has 4 nitrogen and oxygen atoms in total. The Balaban J connectivity index is 1.77. The van der Waals surface area contributed by atoms with Crippen LogP contribution in [0, 0.1) is 5.82 Å². The third-order valence-corrected chi connectivity index (χ3v) is 4.59. The summed E-state index contributed by atoms with van der Waals surface area (Å²) in [7, 11) is 0. The summed E-state index contributed by atoms with van der Waals surface area (Å²) in [6, 6.07) is 6.12. The zero-order chi connectivity index (χ0) is 14.8. The van der Waals surface area contributed by atoms with E-state index < -0.39 is 12.0 Å². The van der Waals surface area contributed by atoms with Crippen molar-refractivity contribution in [3.63, 3.8) is 0 Å². The van der Waals surface area contributed by atoms with E-state index in [2.05, 4.69) is 4.98 Å². The Bertz CT molecular complexity index is 659. The van der Waals surface area contributed by atoms with Gasteiger partial charge in [-0.05, 0) is 31.5 Å². The molecule has 1 aromatic carbocycles. The van der Waals surface area contributed by atoms with Gasteiger partial charge in [-0.15, -0.1) is 11.3 Å². The van der Waals surface area contributed by atoms with Crippen LogP contribution in [0.3, 0.4) is 0 Å². The maximum absolute atomic E-state index is 13.7. The molecule has 21 heavy (non-hydrogen) atoms. The Morgan fingerprint density at radius 3 is 3.05 bits per heavy atom. The number of carbonyl (C=O) groups is 1. The molecule has 1 fully saturated rings. The number of carboxylic acids is 1. The summed E-state index contributed by atoms with van der Waals surface area (Å²) in [4.78, 5) is 17.5. The molecule has 1 saturated heterocycles. The standard InChI is InChI=1S/C15H15FN2O2S/c16-12-5-2-1-4-11(12)14-17-10(9-21-14)8-18-7-3-6-13(18)15(19)20/h1-2,4-5,9,13H,3,6-8H2,(H,19,20)/t13-/m1/s1. The molecule has 1 aliphatic heterocycles. The number of aromatic nitrogens is 1. The van der Waals surface area contributed by atoms with Gasteiger partial charge in [0.05, 0.1) is 5.69 Å². The van der Waals surface area contributed by atoms with E-state index in [4.69, 9.17) is 0 Å². The van der Waals surface area contributed by atoms with Gasteiger partial charge in [-0.2, -0.15) is 0 Å². The Morgan fingerprint density at radius 2 is 2.29 bits per heavy atom. The van der Waals surface area contributed by atoms with Gasteiger partial charge < -0.3 is 5.11 Å². The molecule has 0 aliphatic carbocycles. The average Bonchev–Trinajstić information content (AvgIpc) is 3.09. The van der Waals surface area contributed by atoms with E-state index >= 15 is 0 Å². The second kappa shape index (κ2) is 5.91. The van der Waals surface area contributed by atoms with Crippen LogP contribution in [-0.2, 0) is 11.3 Å². The second-order valence-corrected chi connectivity index (χ2v) is 5.95. The zero-order valence-electron chi connectivity index (χ0n) is 11.3. The molecule has 0 amide bonds. The number of hydrogen-bond donors (Lipinski definition) is 1. The van der Waals surface area contributed by atoms with Crippen molar-refractivity contribution in [2.24, 2.45) is 0 Å². The molecule has 1 aliphatic rings. The van der Waals surface area contributed by atoms with Crippen molar-refractivity contribution in [3.05, 3.63) is 41.2 Å². The Kier molecular flexibility index (Phi) is 3.98. The molecule has 110 valence electrons. The highest BCUT2D eigenvalue weighted by Gasteiger charge is 2.30. The summed E-state index contributed by atoms with van der Waals surface area (Å²) in [5.74, 6) is -1.07. The van der Waals surface area contributed by atoms with Crippen LogP contribution >= 0.6 is 11.3 Å². The summed E-state index contributed by atoms with van der Waals surface area (Å²) in [6.45, 7) is 1.27. The largest absolute Gasteiger partial charge is 0.480 e. The Labute approximate surface area is 125 Å². The normalized spacial score (nSPS) is 19.0. The van der Waals surface area contributed by atoms with Crippen molar-refractivity contribution in [1.82, 2.24) is 9.88 Å². The molecule has 2 aromatic rings. The molecule has 1 N–H and O–H groups in total. The lowest BCUT2D eigenvalue weighted by Crippen LogP contribution is -2.35. The smallest absolute Gasteiger partial charge is 0.320 e. The van der Waals surface area contributed by atoms with Gasteiger partial charge in [0.15, 0.2) is 0 Å². The number of thiazole rings is 1. The molecule has 0 unspecified atom stereocenters. The molecule has 1 aromatic heterocycles. The molecule has 0 spiro atoms. The van der Waals surface area contributed by atoms with Crippen LogP contribution in [0.2, 0.25) is 0 Å². The summed E-state index contributed by atoms with van der Waals surface area (Å²) in [5.41, 5.74) is 1.29. The first-order valence-corrected chi connectivity index (χ1v) is 7.69. The molecule has 6 heteroatoms. The van der Waals surface area contributed by atoms with Crippen LogP contribution in [0.15, 0.2) is 29.6 Å². The van der Waals surface area contributed by atoms with Crippen LogP contribution in [0.1, 0.15) is 18.5 Å². The van der Waals surface area contributed by atoms with E-state index in [0.29, 0.717) is 23.5 Å². The SMILES string of the molecule is O=C(O)[C@H]1CCCN1Cc1csc(-c2ccccc2F)n1. The molecule has 0 saturated carbocycles. The third kappa shape index (κ3) is 2.96. The van der Waals surface area contributed by atoms with Crippen molar-refractivity contribution in [2.75, 3.05) is 6.54 Å². The first kappa shape index (κ1) is 14.2. The van der Waals surface area contributed by atoms with Gasteiger partial charge in [0.2, 0.25) is 0 Å². The number of hydrogen-bond acceptors (Lipinski definition) is 4. The number of halogens is 1. The highest BCUT2D eigenvalue weighted by molar-refractivity contribution is 7.13. The van der Waals surface area contributed by atoms with Gasteiger partial charge in [-0.25, -0.2) is 9.37 Å². The first-order chi connectivity index (χ1) is 10.1. The fourth-order valence-electron chi connectivity index (χ4n) is 2.64. The Morgan fingerprint density at radius 1 is 1.48 bits per heavy atom. The highest BCUT2D eigenvalue weighted by atomic mass is 32.1. The summed E-state index contributed by atoms with van der Waals surface area (Å²) < 4.78 is 13.7. The van der Waals surface area contributed by atoms with E-state index in [1.54, 1.807) is 18.2 Å². The second-order valence-electron chi connectivity index (χ2n) is 5.09. The predicted octanol–water partition coefficient (Wildman–Crippen LogP) is 3.00. The van der Waals surface area contributed by atoms with Crippen molar-refractivity contribution < 1.29 is 14.3 Å². The van der Waals surface area contributed by atoms with Gasteiger partial charge in [-0.1, -0.05) is 12.1 Å². The summed E-state index contributed by atoms with van der Waals surface area (Å²) in [6.07, 6.45) is 1.57. The molecule has 2 heterocycles. The van der Waals surface area contributed by atoms with Crippen molar-refractivity contribution in [2.45, 2.75) is 25.4 Å². The summed E-state index contributed by atoms with van der Waals surface area (Å²) >= 11 is 1.38. The molecular formula is C15H15FN2O2S. The number of rotatable bonds is 4. The number of nitrogens with zero attached hydrogens (tertiary/aromatic N) is 2. The number of carboxylic acid groups (broad SMARTS) is 1. The minimum absolute atomic E-state index is 0.289. The summed E-state index contributed by atoms with van der Waals surface area (Å²) in [5, 5.41) is 11.7. The highest BCUT2D eigenvalue weighted by Crippen LogP contribution is 2.27. The minimum Gasteiger partial charge on any atom is -0.480 e. The molecule has 1 atom stereocenters. The van der Waals surface area contributed by atoms with Gasteiger partial charge in [0.25, 0.3) is 0 Å². The fourth-order valence-corrected chi connectivity index (χ4v) is 3.48. The molecule has 0 radical (unpaired) electrons. The quantitative estimate of drug-likeness (QED) is 0.943. The van der Waals surface area contributed by atoms with Gasteiger partial charge in [0.1, 0.15) is 16.9 Å². The van der Waals surface area contributed by atoms with Gasteiger partial charge >= 0.3 is 5.97 Å². The minimum atomic E-state index is -0.781. The first-order valence-electron chi connectivity index (χ1n) is 6.81. The van der Waals surface area contributed by atoms with Crippen molar-refractivity contribution >= 4 is 17.3 Å². The van der Waals surface area contributed by atoms with Crippen molar-refractivity contribution in [3.8, 4) is 10.6 Å². The van der Waals surface area contributed by atoms with Gasteiger partial charge in [-0.3, -0.25) is 9.69 Å². The molecule has 0 bridgehead atoms. The monoisotopic (exact) mass is 306 g/mol. The number of aliphatic carboxylic acids is 1. The lowest BCUT2D eigenvalue weighted by atomic mass is 10.2. The lowest BCUT2D eigenvalue weighted by Gasteiger charge is -2.19. The third-order valence-electron chi connectivity index (χ3n) is 3.67. The van der Waals surface area contributed by atoms with Crippen LogP contribution < -0.4 is 0 Å². The topological polar surface area (TPSA) is 53.4 Å². The lowest BCUT2D eigenvalue weighted by molar-refractivity contribution is -0.142. The van der Waals surface area contributed by atoms with E-state index in [9.17, 15) is 14.3 Å². The average molecular weight is 306 g/mol. The number of benzene rings is 1. The predicted molar refractivity (Wildman–Crippen MR) is 78.6 cm³/mol. The van der Waals surface area contributed by atoms with E-state index in [1.165, 1.54) is 17.4 Å². The van der Waals surface area contributed by atoms with E-state index in [0.717, 1.165) is 18.7 Å². The number of likely N-dealkylation sites (tertiary alicyclic amines) is 1. The fraction of sp³-hybridized carbons (Fsp3) is 0.333. The van der Waals surface area contributed by atoms with Crippen molar-refractivity contribution in [1.29, 1.82) is 0 Å². The van der Waals surface area contributed by atoms with Crippen LogP contribution in [0.4, 0.5) is 4.39 Å². The maximum atomic E-state index is 13.7. The van der Waals surface area contributed by atoms with Gasteiger partial charge in [0, 0.05) is 17.5 Å². The maximum Gasteiger partial charge on any atom is 0.320 e.